The summed E-state index contributed by atoms with van der Waals surface area (Å²) in [7, 11) is 0. The molecular weight excluding hydrogens is 422 g/mol. The Kier molecular flexibility index (Phi) is 9.34. The fraction of sp³-hybridized carbons (Fsp3) is 0.762. The van der Waals surface area contributed by atoms with E-state index >= 15 is 0 Å². The van der Waals surface area contributed by atoms with E-state index in [2.05, 4.69) is 11.9 Å². The quantitative estimate of drug-likeness (QED) is 0.367. The predicted octanol–water partition coefficient (Wildman–Crippen LogP) is 1.48. The van der Waals surface area contributed by atoms with Crippen LogP contribution in [0, 0.1) is 0 Å². The number of hydrogen-bond acceptors (Lipinski definition) is 8. The van der Waals surface area contributed by atoms with Gasteiger partial charge in [-0.05, 0) is 41.5 Å². The first kappa shape index (κ1) is 27.5. The topological polar surface area (TPSA) is 138 Å². The second-order valence-electron chi connectivity index (χ2n) is 9.84. The Balaban J connectivity index is 2.72. The maximum absolute atomic E-state index is 12.6. The number of alkyl carbamates (subject to hydrolysis) is 1. The van der Waals surface area contributed by atoms with E-state index in [0.29, 0.717) is 0 Å². The molecule has 0 radical (unpaired) electrons. The minimum Gasteiger partial charge on any atom is -0.445 e. The third kappa shape index (κ3) is 10.2. The molecule has 184 valence electrons. The molecular formula is C21H37N3O8. The van der Waals surface area contributed by atoms with Crippen LogP contribution < -0.4 is 5.32 Å². The average molecular weight is 460 g/mol. The molecule has 0 bridgehead atoms. The van der Waals surface area contributed by atoms with Gasteiger partial charge >= 0.3 is 18.3 Å². The van der Waals surface area contributed by atoms with Crippen molar-refractivity contribution in [1.29, 1.82) is 0 Å². The van der Waals surface area contributed by atoms with Crippen molar-refractivity contribution in [3.05, 3.63) is 12.7 Å². The van der Waals surface area contributed by atoms with E-state index in [4.69, 9.17) is 14.2 Å². The van der Waals surface area contributed by atoms with Gasteiger partial charge in [0.05, 0.1) is 32.3 Å². The Morgan fingerprint density at radius 3 is 2.22 bits per heavy atom. The number of aliphatic hydroxyl groups is 2. The van der Waals surface area contributed by atoms with Crippen molar-refractivity contribution in [3.8, 4) is 0 Å². The van der Waals surface area contributed by atoms with E-state index in [1.165, 1.54) is 11.0 Å². The van der Waals surface area contributed by atoms with E-state index in [-0.39, 0.29) is 39.3 Å². The highest BCUT2D eigenvalue weighted by Gasteiger charge is 2.47. The van der Waals surface area contributed by atoms with E-state index in [1.54, 1.807) is 41.5 Å². The molecule has 32 heavy (non-hydrogen) atoms. The highest BCUT2D eigenvalue weighted by Crippen LogP contribution is 2.25. The van der Waals surface area contributed by atoms with Crippen LogP contribution in [0.2, 0.25) is 0 Å². The van der Waals surface area contributed by atoms with Gasteiger partial charge in [0.2, 0.25) is 0 Å². The number of nitrogens with zero attached hydrogens (tertiary/aromatic N) is 2. The molecule has 1 aliphatic heterocycles. The lowest BCUT2D eigenvalue weighted by molar-refractivity contribution is -0.114. The summed E-state index contributed by atoms with van der Waals surface area (Å²) in [6.07, 6.45) is -1.79. The maximum Gasteiger partial charge on any atom is 0.410 e. The number of amides is 3. The van der Waals surface area contributed by atoms with Crippen molar-refractivity contribution in [1.82, 2.24) is 15.1 Å². The van der Waals surface area contributed by atoms with Gasteiger partial charge in [-0.3, -0.25) is 0 Å². The lowest BCUT2D eigenvalue weighted by Gasteiger charge is -2.48. The smallest absolute Gasteiger partial charge is 0.410 e. The third-order valence-corrected chi connectivity index (χ3v) is 4.00. The number of likely N-dealkylation sites (tertiary alicyclic amines) is 1. The fourth-order valence-corrected chi connectivity index (χ4v) is 2.81. The summed E-state index contributed by atoms with van der Waals surface area (Å²) in [6, 6.07) is 0. The zero-order valence-electron chi connectivity index (χ0n) is 19.8. The Bertz CT molecular complexity index is 678. The van der Waals surface area contributed by atoms with E-state index in [1.807, 2.05) is 0 Å². The molecule has 1 atom stereocenters. The van der Waals surface area contributed by atoms with Gasteiger partial charge in [0, 0.05) is 6.54 Å². The highest BCUT2D eigenvalue weighted by atomic mass is 16.6. The molecule has 0 aliphatic carbocycles. The first-order valence-corrected chi connectivity index (χ1v) is 10.4. The Morgan fingerprint density at radius 1 is 1.16 bits per heavy atom. The van der Waals surface area contributed by atoms with Crippen LogP contribution >= 0.6 is 0 Å². The first-order valence-electron chi connectivity index (χ1n) is 10.4. The van der Waals surface area contributed by atoms with Gasteiger partial charge in [0.15, 0.2) is 0 Å². The molecule has 0 aromatic rings. The van der Waals surface area contributed by atoms with Crippen molar-refractivity contribution < 1.29 is 38.8 Å². The normalized spacial score (nSPS) is 16.3. The summed E-state index contributed by atoms with van der Waals surface area (Å²) in [5, 5.41) is 23.5. The van der Waals surface area contributed by atoms with Crippen LogP contribution in [0.3, 0.4) is 0 Å². The van der Waals surface area contributed by atoms with Gasteiger partial charge in [-0.25, -0.2) is 14.4 Å². The van der Waals surface area contributed by atoms with Crippen LogP contribution in [-0.2, 0) is 14.2 Å². The number of nitrogens with one attached hydrogen (secondary N) is 1. The summed E-state index contributed by atoms with van der Waals surface area (Å²) >= 11 is 0. The van der Waals surface area contributed by atoms with Crippen molar-refractivity contribution in [2.75, 3.05) is 39.3 Å². The van der Waals surface area contributed by atoms with Gasteiger partial charge < -0.3 is 39.5 Å². The number of carbonyl (C=O) groups excluding carboxylic acids is 3. The Labute approximate surface area is 189 Å². The summed E-state index contributed by atoms with van der Waals surface area (Å²) in [6.45, 7) is 13.1. The van der Waals surface area contributed by atoms with E-state index in [9.17, 15) is 24.6 Å². The molecule has 1 rings (SSSR count). The van der Waals surface area contributed by atoms with Crippen LogP contribution in [0.4, 0.5) is 14.4 Å². The molecule has 0 aromatic heterocycles. The second-order valence-corrected chi connectivity index (χ2v) is 9.84. The summed E-state index contributed by atoms with van der Waals surface area (Å²) in [4.78, 5) is 38.8. The molecule has 1 saturated heterocycles. The molecule has 0 saturated carbocycles. The van der Waals surface area contributed by atoms with Gasteiger partial charge in [0.1, 0.15) is 23.4 Å². The summed E-state index contributed by atoms with van der Waals surface area (Å²) in [5.74, 6) is 0. The molecule has 0 spiro atoms. The Morgan fingerprint density at radius 2 is 1.72 bits per heavy atom. The van der Waals surface area contributed by atoms with Crippen LogP contribution in [0.25, 0.3) is 0 Å². The fourth-order valence-electron chi connectivity index (χ4n) is 2.81. The van der Waals surface area contributed by atoms with Gasteiger partial charge in [0.25, 0.3) is 0 Å². The largest absolute Gasteiger partial charge is 0.445 e. The summed E-state index contributed by atoms with van der Waals surface area (Å²) in [5.41, 5.74) is -2.85. The number of aliphatic hydroxyl groups excluding tert-OH is 1. The van der Waals surface area contributed by atoms with E-state index < -0.39 is 41.2 Å². The van der Waals surface area contributed by atoms with E-state index in [0.717, 1.165) is 4.90 Å². The molecule has 1 heterocycles. The Hall–Kier alpha value is -2.53. The van der Waals surface area contributed by atoms with Crippen LogP contribution in [0.15, 0.2) is 12.7 Å². The van der Waals surface area contributed by atoms with Crippen molar-refractivity contribution >= 4 is 18.3 Å². The summed E-state index contributed by atoms with van der Waals surface area (Å²) < 4.78 is 15.4. The SMILES string of the molecule is C=CCOC(=O)NC[C@H](O)CN(CC1(O)CN(C(=O)OC(C)(C)C)C1)C(=O)OC(C)(C)C. The minimum atomic E-state index is -1.39. The second kappa shape index (κ2) is 10.9. The molecule has 0 aromatic carbocycles. The number of ether oxygens (including phenoxy) is 3. The molecule has 1 fully saturated rings. The monoisotopic (exact) mass is 459 g/mol. The average Bonchev–Trinajstić information content (AvgIpc) is 2.59. The standard InChI is InChI=1S/C21H37N3O8/c1-8-9-30-16(26)22-10-15(25)11-23(17(27)31-19(2,3)4)12-21(29)13-24(14-21)18(28)32-20(5,6)7/h8,15,25,29H,1,9-14H2,2-7H3,(H,22,26)/t15-/m0/s1. The maximum atomic E-state index is 12.6. The molecule has 3 amide bonds. The number of carbonyl (C=O) groups is 3. The molecule has 0 unspecified atom stereocenters. The van der Waals surface area contributed by atoms with Crippen LogP contribution in [-0.4, -0.2) is 101 Å². The first-order chi connectivity index (χ1) is 14.5. The lowest BCUT2D eigenvalue weighted by atomic mass is 9.94. The predicted molar refractivity (Wildman–Crippen MR) is 116 cm³/mol. The van der Waals surface area contributed by atoms with Crippen LogP contribution in [0.1, 0.15) is 41.5 Å². The number of hydrogen-bond donors (Lipinski definition) is 3. The van der Waals surface area contributed by atoms with Crippen LogP contribution in [0.5, 0.6) is 0 Å². The molecule has 11 heteroatoms. The van der Waals surface area contributed by atoms with Crippen molar-refractivity contribution in [2.45, 2.75) is 64.4 Å². The zero-order valence-corrected chi connectivity index (χ0v) is 19.8. The zero-order chi connectivity index (χ0) is 24.7. The number of rotatable bonds is 8. The van der Waals surface area contributed by atoms with Gasteiger partial charge in [-0.2, -0.15) is 0 Å². The van der Waals surface area contributed by atoms with Crippen molar-refractivity contribution in [3.63, 3.8) is 0 Å². The molecule has 3 N–H and O–H groups in total. The minimum absolute atomic E-state index is 0.0210. The third-order valence-electron chi connectivity index (χ3n) is 4.00. The number of β-amino-alcohol motifs (C(OH)–C–C–N with tert-alkyl or cyclic N) is 1. The van der Waals surface area contributed by atoms with Crippen molar-refractivity contribution in [2.24, 2.45) is 0 Å². The molecule has 11 nitrogen and oxygen atoms in total. The van der Waals surface area contributed by atoms with Gasteiger partial charge in [-0.15, -0.1) is 0 Å². The highest BCUT2D eigenvalue weighted by molar-refractivity contribution is 5.71. The molecule has 1 aliphatic rings. The lowest BCUT2D eigenvalue weighted by Crippen LogP contribution is -2.68. The van der Waals surface area contributed by atoms with Gasteiger partial charge in [-0.1, -0.05) is 12.7 Å².